The van der Waals surface area contributed by atoms with E-state index in [0.717, 1.165) is 0 Å². The van der Waals surface area contributed by atoms with Gasteiger partial charge in [-0.3, -0.25) is 0 Å². The molecule has 0 amide bonds. The first-order valence-electron chi connectivity index (χ1n) is 10.6. The van der Waals surface area contributed by atoms with Gasteiger partial charge in [0.25, 0.3) is 0 Å². The van der Waals surface area contributed by atoms with E-state index in [4.69, 9.17) is 7.94 Å². The molecule has 0 atom stereocenters. The molecule has 0 saturated heterocycles. The van der Waals surface area contributed by atoms with Gasteiger partial charge >= 0.3 is 175 Å². The molecular weight excluding hydrogens is 438 g/mol. The van der Waals surface area contributed by atoms with Crippen LogP contribution in [0.4, 0.5) is 0 Å². The summed E-state index contributed by atoms with van der Waals surface area (Å²) < 4.78 is 62.8. The van der Waals surface area contributed by atoms with Crippen molar-refractivity contribution in [3.8, 4) is 0 Å². The molecule has 0 fully saturated rings. The van der Waals surface area contributed by atoms with Gasteiger partial charge in [0, 0.05) is 0 Å². The maximum absolute atomic E-state index is 12.8. The summed E-state index contributed by atoms with van der Waals surface area (Å²) in [4.78, 5) is 0. The Labute approximate surface area is 174 Å². The van der Waals surface area contributed by atoms with Crippen molar-refractivity contribution in [2.75, 3.05) is 60.8 Å². The minimum atomic E-state index is -3.97. The van der Waals surface area contributed by atoms with E-state index < -0.39 is 45.4 Å². The van der Waals surface area contributed by atoms with Crippen LogP contribution in [0.5, 0.6) is 0 Å². The van der Waals surface area contributed by atoms with Crippen molar-refractivity contribution >= 4 is 33.9 Å². The van der Waals surface area contributed by atoms with Gasteiger partial charge in [-0.05, 0) is 0 Å². The zero-order valence-electron chi connectivity index (χ0n) is 19.2. The van der Waals surface area contributed by atoms with Crippen molar-refractivity contribution in [3.05, 3.63) is 0 Å². The summed E-state index contributed by atoms with van der Waals surface area (Å²) in [5, 5.41) is 0. The van der Waals surface area contributed by atoms with E-state index >= 15 is 0 Å². The zero-order chi connectivity index (χ0) is 22.4. The fraction of sp³-hybridized carbons (Fsp3) is 1.00. The van der Waals surface area contributed by atoms with Gasteiger partial charge in [0.05, 0.1) is 0 Å². The summed E-state index contributed by atoms with van der Waals surface area (Å²) in [6, 6.07) is 0. The van der Waals surface area contributed by atoms with E-state index in [1.54, 1.807) is 0 Å². The van der Waals surface area contributed by atoms with E-state index in [1.807, 2.05) is 55.4 Å². The Hall–Kier alpha value is 0.680. The summed E-state index contributed by atoms with van der Waals surface area (Å²) in [7, 11) is -7.94. The Kier molecular flexibility index (Phi) is 10.1. The Morgan fingerprint density at radius 3 is 0.786 bits per heavy atom. The van der Waals surface area contributed by atoms with Gasteiger partial charge in [0.1, 0.15) is 0 Å². The van der Waals surface area contributed by atoms with Crippen molar-refractivity contribution in [1.29, 1.82) is 0 Å². The molecule has 0 unspecified atom stereocenters. The standard InChI is InChI=1S/C18H44O6P2S2/c1-9-25(10-2,11-3,12-4)23-27(19,20)17-18-28(21,22)24-26(13-5,14-6,15-7)16-8/h9-18H2,1-8H3. The molecule has 0 bridgehead atoms. The molecule has 0 saturated carbocycles. The molecule has 10 heteroatoms. The normalized spacial score (nSPS) is 16.9. The SMILES string of the molecule is CCP(CC)(CC)(CC)OS(=O)(=O)CCS(=O)(=O)OP(CC)(CC)(CC)CC. The van der Waals surface area contributed by atoms with Crippen LogP contribution in [0.2, 0.25) is 0 Å². The molecule has 0 aromatic heterocycles. The second-order valence-electron chi connectivity index (χ2n) is 7.92. The molecular formula is C18H44O6P2S2. The van der Waals surface area contributed by atoms with E-state index in [2.05, 4.69) is 0 Å². The van der Waals surface area contributed by atoms with E-state index in [0.29, 0.717) is 49.3 Å². The molecule has 0 heterocycles. The molecule has 6 nitrogen and oxygen atoms in total. The van der Waals surface area contributed by atoms with Crippen LogP contribution in [0.25, 0.3) is 0 Å². The van der Waals surface area contributed by atoms with Gasteiger partial charge in [0.2, 0.25) is 0 Å². The third-order valence-corrected chi connectivity index (χ3v) is 27.3. The average Bonchev–Trinajstić information content (AvgIpc) is 2.70. The molecule has 0 aliphatic carbocycles. The van der Waals surface area contributed by atoms with Crippen molar-refractivity contribution in [3.63, 3.8) is 0 Å². The third kappa shape index (κ3) is 6.11. The molecule has 0 spiro atoms. The first-order valence-corrected chi connectivity index (χ1v) is 19.6. The summed E-state index contributed by atoms with van der Waals surface area (Å²) in [6.45, 7) is 10.0. The van der Waals surface area contributed by atoms with Crippen LogP contribution in [0.3, 0.4) is 0 Å². The van der Waals surface area contributed by atoms with Gasteiger partial charge < -0.3 is 0 Å². The van der Waals surface area contributed by atoms with Crippen molar-refractivity contribution < 1.29 is 24.8 Å². The fourth-order valence-electron chi connectivity index (χ4n) is 4.03. The Morgan fingerprint density at radius 2 is 0.643 bits per heavy atom. The molecule has 0 N–H and O–H groups in total. The van der Waals surface area contributed by atoms with Crippen molar-refractivity contribution in [1.82, 2.24) is 0 Å². The van der Waals surface area contributed by atoms with Gasteiger partial charge in [-0.2, -0.15) is 0 Å². The predicted molar refractivity (Wildman–Crippen MR) is 128 cm³/mol. The summed E-state index contributed by atoms with van der Waals surface area (Å²) in [5.74, 6) is -1.11. The Bertz CT molecular complexity index is 601. The minimum absolute atomic E-state index is 0.555. The molecule has 174 valence electrons. The van der Waals surface area contributed by atoms with Crippen LogP contribution in [-0.2, 0) is 28.2 Å². The number of rotatable bonds is 15. The molecule has 0 aromatic carbocycles. The van der Waals surface area contributed by atoms with Crippen LogP contribution in [0, 0.1) is 0 Å². The zero-order valence-corrected chi connectivity index (χ0v) is 22.7. The Morgan fingerprint density at radius 1 is 0.464 bits per heavy atom. The topological polar surface area (TPSA) is 86.7 Å². The number of hydrogen-bond donors (Lipinski definition) is 0. The maximum atomic E-state index is 12.8. The molecule has 0 rings (SSSR count). The third-order valence-electron chi connectivity index (χ3n) is 7.63. The first kappa shape index (κ1) is 28.7. The summed E-state index contributed by atoms with van der Waals surface area (Å²) in [6.07, 6.45) is 5.38. The molecule has 28 heavy (non-hydrogen) atoms. The van der Waals surface area contributed by atoms with E-state index in [-0.39, 0.29) is 0 Å². The summed E-state index contributed by atoms with van der Waals surface area (Å²) >= 11 is 0. The average molecular weight is 483 g/mol. The Balaban J connectivity index is 5.62. The van der Waals surface area contributed by atoms with Gasteiger partial charge in [0.15, 0.2) is 0 Å². The van der Waals surface area contributed by atoms with Crippen LogP contribution < -0.4 is 0 Å². The molecule has 0 aliphatic rings. The van der Waals surface area contributed by atoms with Crippen LogP contribution in [0.15, 0.2) is 0 Å². The molecule has 0 radical (unpaired) electrons. The van der Waals surface area contributed by atoms with Crippen LogP contribution >= 0.6 is 13.7 Å². The van der Waals surface area contributed by atoms with Gasteiger partial charge in [-0.15, -0.1) is 0 Å². The van der Waals surface area contributed by atoms with Gasteiger partial charge in [-0.25, -0.2) is 0 Å². The van der Waals surface area contributed by atoms with Crippen molar-refractivity contribution in [2.24, 2.45) is 0 Å². The first-order chi connectivity index (χ1) is 12.7. The molecule has 0 aromatic rings. The second-order valence-corrected chi connectivity index (χ2v) is 24.7. The predicted octanol–water partition coefficient (Wildman–Crippen LogP) is 4.78. The van der Waals surface area contributed by atoms with E-state index in [1.165, 1.54) is 0 Å². The van der Waals surface area contributed by atoms with Crippen LogP contribution in [0.1, 0.15) is 55.4 Å². The van der Waals surface area contributed by atoms with Crippen LogP contribution in [-0.4, -0.2) is 77.6 Å². The number of hydrogen-bond acceptors (Lipinski definition) is 6. The fourth-order valence-corrected chi connectivity index (χ4v) is 20.1. The van der Waals surface area contributed by atoms with Crippen molar-refractivity contribution in [2.45, 2.75) is 55.4 Å². The quantitative estimate of drug-likeness (QED) is 0.312. The second kappa shape index (κ2) is 9.87. The van der Waals surface area contributed by atoms with Gasteiger partial charge in [-0.1, -0.05) is 0 Å². The molecule has 0 aliphatic heterocycles. The summed E-state index contributed by atoms with van der Waals surface area (Å²) in [5.41, 5.74) is 0. The van der Waals surface area contributed by atoms with E-state index in [9.17, 15) is 16.8 Å². The monoisotopic (exact) mass is 482 g/mol.